The number of benzene rings is 2. The van der Waals surface area contributed by atoms with Crippen molar-refractivity contribution in [3.63, 3.8) is 0 Å². The third-order valence-corrected chi connectivity index (χ3v) is 6.95. The summed E-state index contributed by atoms with van der Waals surface area (Å²) in [6.45, 7) is 3.00. The summed E-state index contributed by atoms with van der Waals surface area (Å²) < 4.78 is 2.12. The highest BCUT2D eigenvalue weighted by atomic mass is 35.5. The van der Waals surface area contributed by atoms with Gasteiger partial charge in [-0.2, -0.15) is 5.10 Å². The molecule has 36 heavy (non-hydrogen) atoms. The summed E-state index contributed by atoms with van der Waals surface area (Å²) in [7, 11) is 0. The molecule has 5 aromatic rings. The molecule has 0 saturated carbocycles. The Morgan fingerprint density at radius 1 is 0.917 bits per heavy atom. The molecule has 1 fully saturated rings. The summed E-state index contributed by atoms with van der Waals surface area (Å²) in [5.41, 5.74) is 4.27. The van der Waals surface area contributed by atoms with Crippen LogP contribution >= 0.6 is 11.6 Å². The van der Waals surface area contributed by atoms with Crippen LogP contribution in [-0.2, 0) is 6.54 Å². The summed E-state index contributed by atoms with van der Waals surface area (Å²) in [5, 5.41) is 8.11. The number of aromatic nitrogens is 6. The molecule has 0 radical (unpaired) electrons. The highest BCUT2D eigenvalue weighted by Crippen LogP contribution is 2.28. The molecule has 3 aromatic heterocycles. The number of piperidine rings is 1. The van der Waals surface area contributed by atoms with E-state index in [0.29, 0.717) is 16.8 Å². The van der Waals surface area contributed by atoms with Crippen molar-refractivity contribution in [3.8, 4) is 28.6 Å². The number of aromatic amines is 1. The second-order valence-electron chi connectivity index (χ2n) is 9.11. The third kappa shape index (κ3) is 4.80. The summed E-state index contributed by atoms with van der Waals surface area (Å²) in [4.78, 5) is 16.1. The molecule has 7 nitrogen and oxygen atoms in total. The van der Waals surface area contributed by atoms with Crippen molar-refractivity contribution in [1.29, 1.82) is 0 Å². The van der Waals surface area contributed by atoms with Crippen molar-refractivity contribution in [2.45, 2.75) is 25.3 Å². The summed E-state index contributed by atoms with van der Waals surface area (Å²) >= 11 is 5.94. The predicted molar refractivity (Wildman–Crippen MR) is 141 cm³/mol. The first-order valence-electron chi connectivity index (χ1n) is 12.2. The molecule has 6 rings (SSSR count). The number of halogens is 1. The highest BCUT2D eigenvalue weighted by molar-refractivity contribution is 6.30. The Labute approximate surface area is 214 Å². The molecule has 1 aliphatic rings. The van der Waals surface area contributed by atoms with Crippen LogP contribution < -0.4 is 0 Å². The molecular formula is C28H26ClN7. The van der Waals surface area contributed by atoms with Gasteiger partial charge in [0.25, 0.3) is 0 Å². The van der Waals surface area contributed by atoms with E-state index < -0.39 is 0 Å². The average Bonchev–Trinajstić information content (AvgIpc) is 3.61. The number of imidazole rings is 1. The van der Waals surface area contributed by atoms with Gasteiger partial charge in [-0.1, -0.05) is 54.1 Å². The number of hydrogen-bond donors (Lipinski definition) is 1. The van der Waals surface area contributed by atoms with Crippen LogP contribution in [0.4, 0.5) is 0 Å². The fourth-order valence-corrected chi connectivity index (χ4v) is 4.89. The van der Waals surface area contributed by atoms with E-state index in [1.807, 2.05) is 42.7 Å². The lowest BCUT2D eigenvalue weighted by Gasteiger charge is -2.30. The average molecular weight is 496 g/mol. The SMILES string of the molecule is Clc1ccc(-c2n[nH]c(C3CCN(Cc4ccc(-c5nccn5-c5ccccc5)cc4)CC3)n2)nc1. The maximum Gasteiger partial charge on any atom is 0.199 e. The van der Waals surface area contributed by atoms with Crippen LogP contribution in [0.5, 0.6) is 0 Å². The topological polar surface area (TPSA) is 75.5 Å². The maximum absolute atomic E-state index is 5.94. The molecule has 1 N–H and O–H groups in total. The predicted octanol–water partition coefficient (Wildman–Crippen LogP) is 5.75. The van der Waals surface area contributed by atoms with Crippen molar-refractivity contribution in [2.75, 3.05) is 13.1 Å². The number of nitrogens with one attached hydrogen (secondary N) is 1. The van der Waals surface area contributed by atoms with Crippen LogP contribution in [0.15, 0.2) is 85.3 Å². The lowest BCUT2D eigenvalue weighted by molar-refractivity contribution is 0.202. The van der Waals surface area contributed by atoms with Gasteiger partial charge < -0.3 is 0 Å². The Bertz CT molecular complexity index is 1420. The smallest absolute Gasteiger partial charge is 0.199 e. The van der Waals surface area contributed by atoms with Crippen molar-refractivity contribution < 1.29 is 0 Å². The summed E-state index contributed by atoms with van der Waals surface area (Å²) in [6, 6.07) is 22.7. The van der Waals surface area contributed by atoms with Crippen LogP contribution in [0.2, 0.25) is 5.02 Å². The number of para-hydroxylation sites is 1. The first-order chi connectivity index (χ1) is 17.7. The standard InChI is InChI=1S/C28H26ClN7/c29-23-10-11-25(31-18-23)27-32-26(33-34-27)21-12-15-35(16-13-21)19-20-6-8-22(9-7-20)28-30-14-17-36(28)24-4-2-1-3-5-24/h1-11,14,17-18,21H,12-13,15-16,19H2,(H,32,33,34). The number of rotatable bonds is 6. The van der Waals surface area contributed by atoms with E-state index in [9.17, 15) is 0 Å². The summed E-state index contributed by atoms with van der Waals surface area (Å²) in [5.74, 6) is 2.90. The van der Waals surface area contributed by atoms with E-state index in [1.54, 1.807) is 6.20 Å². The molecule has 0 bridgehead atoms. The van der Waals surface area contributed by atoms with Gasteiger partial charge >= 0.3 is 0 Å². The number of nitrogens with zero attached hydrogens (tertiary/aromatic N) is 6. The zero-order valence-corrected chi connectivity index (χ0v) is 20.5. The molecule has 4 heterocycles. The van der Waals surface area contributed by atoms with Crippen LogP contribution in [-0.4, -0.2) is 47.7 Å². The van der Waals surface area contributed by atoms with Gasteiger partial charge in [0.15, 0.2) is 5.82 Å². The Balaban J connectivity index is 1.07. The number of H-pyrrole nitrogens is 1. The first-order valence-corrected chi connectivity index (χ1v) is 12.6. The van der Waals surface area contributed by atoms with Gasteiger partial charge in [-0.05, 0) is 55.8 Å². The third-order valence-electron chi connectivity index (χ3n) is 6.73. The largest absolute Gasteiger partial charge is 0.300 e. The Morgan fingerprint density at radius 3 is 2.47 bits per heavy atom. The van der Waals surface area contributed by atoms with E-state index in [-0.39, 0.29) is 0 Å². The van der Waals surface area contributed by atoms with E-state index in [0.717, 1.165) is 61.1 Å². The minimum absolute atomic E-state index is 0.383. The molecule has 0 unspecified atom stereocenters. The van der Waals surface area contributed by atoms with Gasteiger partial charge in [0.05, 0.1) is 5.02 Å². The van der Waals surface area contributed by atoms with Crippen LogP contribution in [0.1, 0.15) is 30.1 Å². The Morgan fingerprint density at radius 2 is 1.72 bits per heavy atom. The lowest BCUT2D eigenvalue weighted by Crippen LogP contribution is -2.32. The molecule has 1 aliphatic heterocycles. The first kappa shape index (κ1) is 22.6. The molecule has 180 valence electrons. The van der Waals surface area contributed by atoms with Gasteiger partial charge in [0.1, 0.15) is 17.3 Å². The van der Waals surface area contributed by atoms with Gasteiger partial charge in [0, 0.05) is 42.3 Å². The van der Waals surface area contributed by atoms with Crippen LogP contribution in [0.3, 0.4) is 0 Å². The molecule has 0 atom stereocenters. The second kappa shape index (κ2) is 10.0. The fraction of sp³-hybridized carbons (Fsp3) is 0.214. The van der Waals surface area contributed by atoms with Crippen LogP contribution in [0.25, 0.3) is 28.6 Å². The molecule has 0 spiro atoms. The lowest BCUT2D eigenvalue weighted by atomic mass is 9.96. The van der Waals surface area contributed by atoms with E-state index >= 15 is 0 Å². The summed E-state index contributed by atoms with van der Waals surface area (Å²) in [6.07, 6.45) is 7.58. The number of hydrogen-bond acceptors (Lipinski definition) is 5. The Kier molecular flexibility index (Phi) is 6.32. The number of pyridine rings is 1. The van der Waals surface area contributed by atoms with Crippen molar-refractivity contribution in [2.24, 2.45) is 0 Å². The van der Waals surface area contributed by atoms with E-state index in [2.05, 4.69) is 66.0 Å². The second-order valence-corrected chi connectivity index (χ2v) is 9.55. The molecule has 0 aliphatic carbocycles. The minimum Gasteiger partial charge on any atom is -0.300 e. The zero-order chi connectivity index (χ0) is 24.3. The van der Waals surface area contributed by atoms with Crippen LogP contribution in [0, 0.1) is 0 Å². The minimum atomic E-state index is 0.383. The monoisotopic (exact) mass is 495 g/mol. The molecule has 2 aromatic carbocycles. The molecular weight excluding hydrogens is 470 g/mol. The van der Waals surface area contributed by atoms with E-state index in [1.165, 1.54) is 5.56 Å². The number of likely N-dealkylation sites (tertiary alicyclic amines) is 1. The van der Waals surface area contributed by atoms with Gasteiger partial charge in [-0.3, -0.25) is 19.5 Å². The maximum atomic E-state index is 5.94. The van der Waals surface area contributed by atoms with Gasteiger partial charge in [-0.15, -0.1) is 0 Å². The molecule has 8 heteroatoms. The molecule has 0 amide bonds. The van der Waals surface area contributed by atoms with Crippen molar-refractivity contribution in [3.05, 3.63) is 102 Å². The fourth-order valence-electron chi connectivity index (χ4n) is 4.78. The van der Waals surface area contributed by atoms with Gasteiger partial charge in [-0.25, -0.2) is 9.97 Å². The highest BCUT2D eigenvalue weighted by Gasteiger charge is 2.24. The quantitative estimate of drug-likeness (QED) is 0.324. The Hall–Kier alpha value is -3.81. The van der Waals surface area contributed by atoms with E-state index in [4.69, 9.17) is 16.6 Å². The normalized spacial score (nSPS) is 14.8. The van der Waals surface area contributed by atoms with Gasteiger partial charge in [0.2, 0.25) is 0 Å². The van der Waals surface area contributed by atoms with Crippen molar-refractivity contribution >= 4 is 11.6 Å². The molecule has 1 saturated heterocycles. The zero-order valence-electron chi connectivity index (χ0n) is 19.8. The van der Waals surface area contributed by atoms with Crippen molar-refractivity contribution in [1.82, 2.24) is 34.6 Å².